The van der Waals surface area contributed by atoms with Crippen molar-refractivity contribution in [2.24, 2.45) is 0 Å². The fourth-order valence-corrected chi connectivity index (χ4v) is 3.08. The standard InChI is InChI=1S/C21H21NO4/c1-3-25-20(23)18(21(24)26-4-2)17-15-12-8-9-13-16(15)22-19(17)14-10-6-5-7-11-14/h5-13,18,22H,3-4H2,1-2H3. The predicted molar refractivity (Wildman–Crippen MR) is 99.7 cm³/mol. The van der Waals surface area contributed by atoms with Crippen LogP contribution in [0.1, 0.15) is 25.3 Å². The Bertz CT molecular complexity index is 896. The van der Waals surface area contributed by atoms with E-state index in [0.717, 1.165) is 22.2 Å². The van der Waals surface area contributed by atoms with E-state index in [1.807, 2.05) is 54.6 Å². The summed E-state index contributed by atoms with van der Waals surface area (Å²) in [5.74, 6) is -2.35. The highest BCUT2D eigenvalue weighted by atomic mass is 16.6. The molecule has 0 spiro atoms. The zero-order valence-corrected chi connectivity index (χ0v) is 14.8. The Morgan fingerprint density at radius 3 is 2.08 bits per heavy atom. The van der Waals surface area contributed by atoms with Crippen molar-refractivity contribution < 1.29 is 19.1 Å². The molecule has 0 aliphatic rings. The summed E-state index contributed by atoms with van der Waals surface area (Å²) in [5, 5.41) is 0.803. The lowest BCUT2D eigenvalue weighted by molar-refractivity contribution is -0.156. The molecule has 1 N–H and O–H groups in total. The summed E-state index contributed by atoms with van der Waals surface area (Å²) >= 11 is 0. The number of hydrogen-bond acceptors (Lipinski definition) is 4. The molecule has 0 amide bonds. The second kappa shape index (κ2) is 7.87. The SMILES string of the molecule is CCOC(=O)C(C(=O)OCC)c1c(-c2ccccc2)[nH]c2ccccc12. The van der Waals surface area contributed by atoms with Crippen LogP contribution in [0, 0.1) is 0 Å². The van der Waals surface area contributed by atoms with Gasteiger partial charge in [-0.15, -0.1) is 0 Å². The fraction of sp³-hybridized carbons (Fsp3) is 0.238. The number of hydrogen-bond donors (Lipinski definition) is 1. The van der Waals surface area contributed by atoms with Crippen LogP contribution < -0.4 is 0 Å². The normalized spacial score (nSPS) is 10.9. The summed E-state index contributed by atoms with van der Waals surface area (Å²) < 4.78 is 10.4. The molecular formula is C21H21NO4. The Labute approximate surface area is 151 Å². The number of H-pyrrole nitrogens is 1. The third kappa shape index (κ3) is 3.33. The van der Waals surface area contributed by atoms with Crippen molar-refractivity contribution in [3.8, 4) is 11.3 Å². The van der Waals surface area contributed by atoms with E-state index in [1.165, 1.54) is 0 Å². The summed E-state index contributed by atoms with van der Waals surface area (Å²) in [7, 11) is 0. The van der Waals surface area contributed by atoms with E-state index in [1.54, 1.807) is 13.8 Å². The molecule has 0 saturated carbocycles. The minimum absolute atomic E-state index is 0.192. The van der Waals surface area contributed by atoms with Crippen molar-refractivity contribution in [3.05, 3.63) is 60.2 Å². The van der Waals surface area contributed by atoms with E-state index in [2.05, 4.69) is 4.98 Å². The molecule has 0 unspecified atom stereocenters. The molecule has 0 saturated heterocycles. The molecule has 5 nitrogen and oxygen atoms in total. The number of fused-ring (bicyclic) bond motifs is 1. The number of aromatic amines is 1. The minimum atomic E-state index is -1.14. The third-order valence-corrected chi connectivity index (χ3v) is 4.14. The van der Waals surface area contributed by atoms with Crippen molar-refractivity contribution in [2.45, 2.75) is 19.8 Å². The lowest BCUT2D eigenvalue weighted by atomic mass is 9.93. The van der Waals surface area contributed by atoms with E-state index >= 15 is 0 Å². The lowest BCUT2D eigenvalue weighted by Crippen LogP contribution is -2.26. The highest BCUT2D eigenvalue weighted by Gasteiger charge is 2.36. The van der Waals surface area contributed by atoms with Gasteiger partial charge in [0.15, 0.2) is 5.92 Å². The van der Waals surface area contributed by atoms with E-state index in [9.17, 15) is 9.59 Å². The average molecular weight is 351 g/mol. The molecule has 5 heteroatoms. The largest absolute Gasteiger partial charge is 0.465 e. The predicted octanol–water partition coefficient (Wildman–Crippen LogP) is 4.04. The van der Waals surface area contributed by atoms with Crippen LogP contribution in [0.5, 0.6) is 0 Å². The number of rotatable bonds is 6. The van der Waals surface area contributed by atoms with Crippen molar-refractivity contribution in [1.82, 2.24) is 4.98 Å². The molecular weight excluding hydrogens is 330 g/mol. The van der Waals surface area contributed by atoms with Gasteiger partial charge < -0.3 is 14.5 Å². The zero-order valence-electron chi connectivity index (χ0n) is 14.8. The Kier molecular flexibility index (Phi) is 5.37. The van der Waals surface area contributed by atoms with E-state index < -0.39 is 17.9 Å². The fourth-order valence-electron chi connectivity index (χ4n) is 3.08. The van der Waals surface area contributed by atoms with Gasteiger partial charge in [0.2, 0.25) is 0 Å². The van der Waals surface area contributed by atoms with Crippen molar-refractivity contribution >= 4 is 22.8 Å². The first-order valence-corrected chi connectivity index (χ1v) is 8.66. The van der Waals surface area contributed by atoms with Gasteiger partial charge in [-0.2, -0.15) is 0 Å². The second-order valence-corrected chi connectivity index (χ2v) is 5.76. The van der Waals surface area contributed by atoms with Gasteiger partial charge in [-0.1, -0.05) is 48.5 Å². The molecule has 0 aliphatic carbocycles. The first kappa shape index (κ1) is 17.7. The van der Waals surface area contributed by atoms with Crippen molar-refractivity contribution in [1.29, 1.82) is 0 Å². The number of aromatic nitrogens is 1. The van der Waals surface area contributed by atoms with Crippen LogP contribution in [-0.4, -0.2) is 30.1 Å². The second-order valence-electron chi connectivity index (χ2n) is 5.76. The van der Waals surface area contributed by atoms with Crippen LogP contribution in [0.15, 0.2) is 54.6 Å². The van der Waals surface area contributed by atoms with Crippen LogP contribution in [-0.2, 0) is 19.1 Å². The quantitative estimate of drug-likeness (QED) is 0.537. The Morgan fingerprint density at radius 2 is 1.46 bits per heavy atom. The maximum atomic E-state index is 12.6. The van der Waals surface area contributed by atoms with Gasteiger partial charge in [-0.25, -0.2) is 0 Å². The number of esters is 2. The molecule has 3 aromatic rings. The molecule has 134 valence electrons. The number of nitrogens with one attached hydrogen (secondary N) is 1. The molecule has 0 aliphatic heterocycles. The molecule has 2 aromatic carbocycles. The van der Waals surface area contributed by atoms with Gasteiger partial charge in [0, 0.05) is 16.5 Å². The molecule has 3 rings (SSSR count). The van der Waals surface area contributed by atoms with Crippen LogP contribution in [0.4, 0.5) is 0 Å². The first-order chi connectivity index (χ1) is 12.7. The molecule has 26 heavy (non-hydrogen) atoms. The monoisotopic (exact) mass is 351 g/mol. The number of ether oxygens (including phenoxy) is 2. The van der Waals surface area contributed by atoms with E-state index in [4.69, 9.17) is 9.47 Å². The summed E-state index contributed by atoms with van der Waals surface area (Å²) in [6.45, 7) is 3.82. The Morgan fingerprint density at radius 1 is 0.885 bits per heavy atom. The molecule has 1 aromatic heterocycles. The van der Waals surface area contributed by atoms with Gasteiger partial charge in [-0.3, -0.25) is 9.59 Å². The van der Waals surface area contributed by atoms with Crippen molar-refractivity contribution in [3.63, 3.8) is 0 Å². The summed E-state index contributed by atoms with van der Waals surface area (Å²) in [6, 6.07) is 17.2. The van der Waals surface area contributed by atoms with Crippen LogP contribution in [0.2, 0.25) is 0 Å². The van der Waals surface area contributed by atoms with Crippen LogP contribution in [0.3, 0.4) is 0 Å². The molecule has 0 atom stereocenters. The average Bonchev–Trinajstić information content (AvgIpc) is 3.03. The van der Waals surface area contributed by atoms with Crippen molar-refractivity contribution in [2.75, 3.05) is 13.2 Å². The molecule has 1 heterocycles. The highest BCUT2D eigenvalue weighted by molar-refractivity contribution is 6.07. The number of benzene rings is 2. The molecule has 0 radical (unpaired) electrons. The van der Waals surface area contributed by atoms with Crippen LogP contribution >= 0.6 is 0 Å². The van der Waals surface area contributed by atoms with Gasteiger partial charge in [0.05, 0.1) is 18.9 Å². The first-order valence-electron chi connectivity index (χ1n) is 8.66. The van der Waals surface area contributed by atoms with Gasteiger partial charge in [0.1, 0.15) is 0 Å². The summed E-state index contributed by atoms with van der Waals surface area (Å²) in [5.41, 5.74) is 3.04. The van der Waals surface area contributed by atoms with Crippen LogP contribution in [0.25, 0.3) is 22.2 Å². The Balaban J connectivity index is 2.25. The van der Waals surface area contributed by atoms with E-state index in [-0.39, 0.29) is 13.2 Å². The summed E-state index contributed by atoms with van der Waals surface area (Å²) in [6.07, 6.45) is 0. The summed E-state index contributed by atoms with van der Waals surface area (Å²) in [4.78, 5) is 28.6. The number of para-hydroxylation sites is 1. The highest BCUT2D eigenvalue weighted by Crippen LogP contribution is 2.37. The number of carbonyl (C=O) groups is 2. The molecule has 0 bridgehead atoms. The van der Waals surface area contributed by atoms with Gasteiger partial charge in [-0.05, 0) is 25.5 Å². The van der Waals surface area contributed by atoms with E-state index in [0.29, 0.717) is 5.56 Å². The topological polar surface area (TPSA) is 68.4 Å². The smallest absolute Gasteiger partial charge is 0.324 e. The maximum Gasteiger partial charge on any atom is 0.324 e. The molecule has 0 fully saturated rings. The lowest BCUT2D eigenvalue weighted by Gasteiger charge is -2.16. The minimum Gasteiger partial charge on any atom is -0.465 e. The Hall–Kier alpha value is -3.08. The third-order valence-electron chi connectivity index (χ3n) is 4.14. The van der Waals surface area contributed by atoms with Gasteiger partial charge in [0.25, 0.3) is 0 Å². The zero-order chi connectivity index (χ0) is 18.5. The maximum absolute atomic E-state index is 12.6. The van der Waals surface area contributed by atoms with Gasteiger partial charge >= 0.3 is 11.9 Å². The number of carbonyl (C=O) groups excluding carboxylic acids is 2.